The summed E-state index contributed by atoms with van der Waals surface area (Å²) in [5, 5.41) is 12.1. The molecule has 1 N–H and O–H groups in total. The summed E-state index contributed by atoms with van der Waals surface area (Å²) in [4.78, 5) is 13.1. The minimum Gasteiger partial charge on any atom is -0.494 e. The number of rotatable bonds is 7. The quantitative estimate of drug-likeness (QED) is 0.465. The van der Waals surface area contributed by atoms with E-state index in [0.717, 1.165) is 0 Å². The Bertz CT molecular complexity index is 501. The Balaban J connectivity index is 2.83. The van der Waals surface area contributed by atoms with Gasteiger partial charge in [-0.15, -0.1) is 0 Å². The Morgan fingerprint density at radius 3 is 2.89 bits per heavy atom. The van der Waals surface area contributed by atoms with Crippen LogP contribution in [-0.2, 0) is 4.79 Å². The van der Waals surface area contributed by atoms with Crippen LogP contribution >= 0.6 is 0 Å². The average molecular weight is 267 g/mol. The summed E-state index contributed by atoms with van der Waals surface area (Å²) >= 11 is 0. The first-order valence-electron chi connectivity index (χ1n) is 5.68. The highest BCUT2D eigenvalue weighted by molar-refractivity contribution is 5.66. The van der Waals surface area contributed by atoms with Crippen LogP contribution in [0.25, 0.3) is 10.4 Å². The fraction of sp³-hybridized carbons (Fsp3) is 0.417. The maximum absolute atomic E-state index is 13.5. The van der Waals surface area contributed by atoms with E-state index in [0.29, 0.717) is 18.4 Å². The Morgan fingerprint density at radius 1 is 1.63 bits per heavy atom. The van der Waals surface area contributed by atoms with Crippen molar-refractivity contribution in [3.8, 4) is 5.75 Å². The predicted molar refractivity (Wildman–Crippen MR) is 66.3 cm³/mol. The molecule has 0 saturated heterocycles. The van der Waals surface area contributed by atoms with E-state index in [9.17, 15) is 9.18 Å². The molecule has 7 heteroatoms. The van der Waals surface area contributed by atoms with Crippen LogP contribution in [0.4, 0.5) is 4.39 Å². The number of aliphatic carboxylic acids is 1. The minimum atomic E-state index is -0.916. The van der Waals surface area contributed by atoms with Crippen molar-refractivity contribution in [3.63, 3.8) is 0 Å². The number of carbonyl (C=O) groups is 1. The normalized spacial score (nSPS) is 11.5. The topological polar surface area (TPSA) is 95.3 Å². The largest absolute Gasteiger partial charge is 0.494 e. The van der Waals surface area contributed by atoms with Gasteiger partial charge in [0.1, 0.15) is 0 Å². The Labute approximate surface area is 109 Å². The van der Waals surface area contributed by atoms with Gasteiger partial charge in [-0.25, -0.2) is 4.39 Å². The Morgan fingerprint density at radius 2 is 2.37 bits per heavy atom. The number of nitrogens with zero attached hydrogens (tertiary/aromatic N) is 3. The number of ether oxygens (including phenoxy) is 1. The van der Waals surface area contributed by atoms with Crippen molar-refractivity contribution in [1.29, 1.82) is 0 Å². The molecule has 1 unspecified atom stereocenters. The van der Waals surface area contributed by atoms with Crippen molar-refractivity contribution in [3.05, 3.63) is 40.0 Å². The molecule has 0 heterocycles. The van der Waals surface area contributed by atoms with Gasteiger partial charge in [0.15, 0.2) is 11.6 Å². The maximum Gasteiger partial charge on any atom is 0.303 e. The first-order chi connectivity index (χ1) is 9.08. The first-order valence-corrected chi connectivity index (χ1v) is 5.68. The monoisotopic (exact) mass is 267 g/mol. The summed E-state index contributed by atoms with van der Waals surface area (Å²) in [6.45, 7) is 0. The third kappa shape index (κ3) is 4.48. The number of hydrogen-bond donors (Lipinski definition) is 1. The number of azide groups is 1. The summed E-state index contributed by atoms with van der Waals surface area (Å²) in [7, 11) is 1.36. The van der Waals surface area contributed by atoms with Crippen LogP contribution in [0.15, 0.2) is 23.3 Å². The molecule has 1 aromatic rings. The van der Waals surface area contributed by atoms with E-state index in [1.165, 1.54) is 19.2 Å². The van der Waals surface area contributed by atoms with Gasteiger partial charge in [0, 0.05) is 11.3 Å². The van der Waals surface area contributed by atoms with Crippen LogP contribution in [-0.4, -0.2) is 18.2 Å². The van der Waals surface area contributed by atoms with E-state index >= 15 is 0 Å². The highest BCUT2D eigenvalue weighted by atomic mass is 19.1. The number of carboxylic acid groups (broad SMARTS) is 1. The lowest BCUT2D eigenvalue weighted by Crippen LogP contribution is -2.00. The van der Waals surface area contributed by atoms with Gasteiger partial charge in [-0.1, -0.05) is 11.2 Å². The summed E-state index contributed by atoms with van der Waals surface area (Å²) in [6, 6.07) is 3.70. The van der Waals surface area contributed by atoms with Gasteiger partial charge >= 0.3 is 5.97 Å². The highest BCUT2D eigenvalue weighted by Crippen LogP contribution is 2.27. The Kier molecular flexibility index (Phi) is 5.63. The lowest BCUT2D eigenvalue weighted by molar-refractivity contribution is -0.137. The Hall–Kier alpha value is -2.27. The molecule has 0 aliphatic heterocycles. The van der Waals surface area contributed by atoms with Gasteiger partial charge in [-0.3, -0.25) is 4.79 Å². The average Bonchev–Trinajstić information content (AvgIpc) is 2.37. The van der Waals surface area contributed by atoms with Crippen molar-refractivity contribution < 1.29 is 19.0 Å². The molecule has 0 saturated carbocycles. The van der Waals surface area contributed by atoms with Crippen molar-refractivity contribution in [2.75, 3.05) is 7.11 Å². The molecule has 0 spiro atoms. The second-order valence-electron chi connectivity index (χ2n) is 3.90. The van der Waals surface area contributed by atoms with Crippen LogP contribution < -0.4 is 4.74 Å². The van der Waals surface area contributed by atoms with Gasteiger partial charge in [0.25, 0.3) is 0 Å². The molecule has 0 amide bonds. The summed E-state index contributed by atoms with van der Waals surface area (Å²) in [5.74, 6) is -1.36. The second-order valence-corrected chi connectivity index (χ2v) is 3.90. The number of benzene rings is 1. The lowest BCUT2D eigenvalue weighted by Gasteiger charge is -2.12. The molecule has 0 aliphatic carbocycles. The zero-order valence-electron chi connectivity index (χ0n) is 10.4. The molecule has 102 valence electrons. The standard InChI is InChI=1S/C12H14FN3O3/c1-19-11-6-5-8(7-9(11)13)10(15-16-14)3-2-4-12(17)18/h5-7,10H,2-4H2,1H3,(H,17,18). The lowest BCUT2D eigenvalue weighted by atomic mass is 10.0. The van der Waals surface area contributed by atoms with Crippen LogP contribution in [0, 0.1) is 5.82 Å². The zero-order valence-corrected chi connectivity index (χ0v) is 10.4. The van der Waals surface area contributed by atoms with E-state index in [-0.39, 0.29) is 12.2 Å². The van der Waals surface area contributed by atoms with E-state index in [2.05, 4.69) is 10.0 Å². The van der Waals surface area contributed by atoms with E-state index in [4.69, 9.17) is 15.4 Å². The molecule has 1 rings (SSSR count). The van der Waals surface area contributed by atoms with E-state index in [1.807, 2.05) is 0 Å². The van der Waals surface area contributed by atoms with Crippen molar-refractivity contribution in [2.24, 2.45) is 5.11 Å². The number of methoxy groups -OCH3 is 1. The summed E-state index contributed by atoms with van der Waals surface area (Å²) < 4.78 is 18.3. The first kappa shape index (κ1) is 14.8. The van der Waals surface area contributed by atoms with Crippen molar-refractivity contribution in [2.45, 2.75) is 25.3 Å². The number of carboxylic acids is 1. The molecular formula is C12H14FN3O3. The van der Waals surface area contributed by atoms with Crippen LogP contribution in [0.5, 0.6) is 5.75 Å². The smallest absolute Gasteiger partial charge is 0.303 e. The third-order valence-corrected chi connectivity index (χ3v) is 2.62. The van der Waals surface area contributed by atoms with Crippen LogP contribution in [0.3, 0.4) is 0 Å². The third-order valence-electron chi connectivity index (χ3n) is 2.62. The zero-order chi connectivity index (χ0) is 14.3. The van der Waals surface area contributed by atoms with E-state index < -0.39 is 17.8 Å². The molecule has 0 fully saturated rings. The van der Waals surface area contributed by atoms with Gasteiger partial charge in [0.05, 0.1) is 13.2 Å². The predicted octanol–water partition coefficient (Wildman–Crippen LogP) is 3.44. The van der Waals surface area contributed by atoms with Crippen LogP contribution in [0.2, 0.25) is 0 Å². The van der Waals surface area contributed by atoms with Gasteiger partial charge in [-0.2, -0.15) is 0 Å². The SMILES string of the molecule is COc1ccc(C(CCCC(=O)O)N=[N+]=[N-])cc1F. The molecule has 1 aromatic carbocycles. The van der Waals surface area contributed by atoms with Gasteiger partial charge in [-0.05, 0) is 36.1 Å². The molecule has 6 nitrogen and oxygen atoms in total. The molecule has 19 heavy (non-hydrogen) atoms. The summed E-state index contributed by atoms with van der Waals surface area (Å²) in [5.41, 5.74) is 9.00. The van der Waals surface area contributed by atoms with Crippen molar-refractivity contribution >= 4 is 5.97 Å². The van der Waals surface area contributed by atoms with E-state index in [1.54, 1.807) is 6.07 Å². The molecule has 0 aromatic heterocycles. The minimum absolute atomic E-state index is 0.0178. The van der Waals surface area contributed by atoms with Gasteiger partial charge < -0.3 is 9.84 Å². The fourth-order valence-electron chi connectivity index (χ4n) is 1.69. The highest BCUT2D eigenvalue weighted by Gasteiger charge is 2.13. The van der Waals surface area contributed by atoms with Crippen molar-refractivity contribution in [1.82, 2.24) is 0 Å². The molecule has 0 bridgehead atoms. The van der Waals surface area contributed by atoms with Crippen LogP contribution in [0.1, 0.15) is 30.9 Å². The second kappa shape index (κ2) is 7.23. The van der Waals surface area contributed by atoms with Gasteiger partial charge in [0.2, 0.25) is 0 Å². The molecular weight excluding hydrogens is 253 g/mol. The maximum atomic E-state index is 13.5. The number of hydrogen-bond acceptors (Lipinski definition) is 3. The molecule has 0 radical (unpaired) electrons. The molecule has 1 atom stereocenters. The number of halogens is 1. The fourth-order valence-corrected chi connectivity index (χ4v) is 1.69. The summed E-state index contributed by atoms with van der Waals surface area (Å²) in [6.07, 6.45) is 0.685. The molecule has 0 aliphatic rings.